The van der Waals surface area contributed by atoms with E-state index in [2.05, 4.69) is 10.1 Å². The molecule has 1 aliphatic rings. The van der Waals surface area contributed by atoms with Gasteiger partial charge in [-0.3, -0.25) is 4.79 Å². The van der Waals surface area contributed by atoms with Gasteiger partial charge in [-0.05, 0) is 35.2 Å². The quantitative estimate of drug-likeness (QED) is 0.689. The Morgan fingerprint density at radius 1 is 1.26 bits per heavy atom. The predicted molar refractivity (Wildman–Crippen MR) is 85.9 cm³/mol. The monoisotopic (exact) mass is 331 g/mol. The van der Waals surface area contributed by atoms with Crippen LogP contribution in [0.1, 0.15) is 15.2 Å². The summed E-state index contributed by atoms with van der Waals surface area (Å²) >= 11 is 1.21. The molecule has 0 fully saturated rings. The van der Waals surface area contributed by atoms with Crippen molar-refractivity contribution in [2.24, 2.45) is 0 Å². The number of carbonyl (C=O) groups excluding carboxylic acids is 2. The van der Waals surface area contributed by atoms with Gasteiger partial charge in [0.25, 0.3) is 0 Å². The van der Waals surface area contributed by atoms with Crippen LogP contribution in [-0.4, -0.2) is 25.8 Å². The van der Waals surface area contributed by atoms with Crippen LogP contribution in [0.15, 0.2) is 35.7 Å². The molecule has 1 aromatic heterocycles. The highest BCUT2D eigenvalue weighted by molar-refractivity contribution is 7.12. The molecule has 1 aliphatic heterocycles. The van der Waals surface area contributed by atoms with E-state index in [1.807, 2.05) is 6.07 Å². The fraction of sp³-hybridized carbons (Fsp3) is 0.125. The van der Waals surface area contributed by atoms with Gasteiger partial charge in [0.05, 0.1) is 12.8 Å². The summed E-state index contributed by atoms with van der Waals surface area (Å²) in [5.41, 5.74) is 1.24. The SMILES string of the molecule is COC(=O)c1sccc1NC(=O)/C=C\c1ccc2c(c1)OCO2. The fourth-order valence-electron chi connectivity index (χ4n) is 2.02. The number of ether oxygens (including phenoxy) is 3. The van der Waals surface area contributed by atoms with Crippen LogP contribution in [0.25, 0.3) is 6.08 Å². The molecule has 0 bridgehead atoms. The maximum atomic E-state index is 12.0. The van der Waals surface area contributed by atoms with Crippen molar-refractivity contribution in [1.29, 1.82) is 0 Å². The average Bonchev–Trinajstić information content (AvgIpc) is 3.20. The lowest BCUT2D eigenvalue weighted by molar-refractivity contribution is -0.111. The maximum Gasteiger partial charge on any atom is 0.350 e. The molecule has 7 heteroatoms. The average molecular weight is 331 g/mol. The minimum atomic E-state index is -0.477. The first-order valence-corrected chi connectivity index (χ1v) is 7.60. The van der Waals surface area contributed by atoms with Gasteiger partial charge in [0.1, 0.15) is 4.88 Å². The highest BCUT2D eigenvalue weighted by Crippen LogP contribution is 2.32. The zero-order chi connectivity index (χ0) is 16.2. The van der Waals surface area contributed by atoms with E-state index >= 15 is 0 Å². The lowest BCUT2D eigenvalue weighted by Gasteiger charge is -2.02. The number of hydrogen-bond donors (Lipinski definition) is 1. The highest BCUT2D eigenvalue weighted by atomic mass is 32.1. The van der Waals surface area contributed by atoms with Gasteiger partial charge < -0.3 is 19.5 Å². The van der Waals surface area contributed by atoms with Crippen molar-refractivity contribution in [3.8, 4) is 11.5 Å². The molecular formula is C16H13NO5S. The van der Waals surface area contributed by atoms with Crippen molar-refractivity contribution in [3.63, 3.8) is 0 Å². The Kier molecular flexibility index (Phi) is 4.29. The molecule has 2 aromatic rings. The standard InChI is InChI=1S/C16H13NO5S/c1-20-16(19)15-11(6-7-23-15)17-14(18)5-3-10-2-4-12-13(8-10)22-9-21-12/h2-8H,9H2,1H3,(H,17,18)/b5-3-. The van der Waals surface area contributed by atoms with E-state index in [1.54, 1.807) is 29.7 Å². The Labute approximate surface area is 136 Å². The number of hydrogen-bond acceptors (Lipinski definition) is 6. The van der Waals surface area contributed by atoms with Crippen LogP contribution in [0.2, 0.25) is 0 Å². The summed E-state index contributed by atoms with van der Waals surface area (Å²) in [5.74, 6) is 0.521. The summed E-state index contributed by atoms with van der Waals surface area (Å²) in [7, 11) is 1.30. The first-order valence-electron chi connectivity index (χ1n) is 6.72. The second-order valence-electron chi connectivity index (χ2n) is 4.59. The van der Waals surface area contributed by atoms with Crippen molar-refractivity contribution >= 4 is 35.0 Å². The molecule has 0 aliphatic carbocycles. The molecule has 0 unspecified atom stereocenters. The Bertz CT molecular complexity index is 781. The molecule has 0 radical (unpaired) electrons. The first kappa shape index (κ1) is 15.1. The summed E-state index contributed by atoms with van der Waals surface area (Å²) in [6.45, 7) is 0.206. The third-order valence-corrected chi connectivity index (χ3v) is 4.01. The molecule has 0 saturated heterocycles. The van der Waals surface area contributed by atoms with Crippen molar-refractivity contribution in [1.82, 2.24) is 0 Å². The van der Waals surface area contributed by atoms with Crippen LogP contribution in [0.3, 0.4) is 0 Å². The second kappa shape index (κ2) is 6.53. The van der Waals surface area contributed by atoms with Crippen LogP contribution in [0.4, 0.5) is 5.69 Å². The van der Waals surface area contributed by atoms with Gasteiger partial charge in [-0.1, -0.05) is 6.07 Å². The lowest BCUT2D eigenvalue weighted by atomic mass is 10.2. The Morgan fingerprint density at radius 2 is 2.09 bits per heavy atom. The summed E-state index contributed by atoms with van der Waals surface area (Å²) in [5, 5.41) is 4.37. The first-order chi connectivity index (χ1) is 11.2. The number of rotatable bonds is 4. The van der Waals surface area contributed by atoms with Crippen molar-refractivity contribution < 1.29 is 23.8 Å². The zero-order valence-corrected chi connectivity index (χ0v) is 13.0. The summed E-state index contributed by atoms with van der Waals surface area (Å²) in [6.07, 6.45) is 3.04. The van der Waals surface area contributed by atoms with Gasteiger partial charge in [-0.2, -0.15) is 0 Å². The van der Waals surface area contributed by atoms with E-state index in [0.717, 1.165) is 5.56 Å². The third kappa shape index (κ3) is 3.35. The minimum Gasteiger partial charge on any atom is -0.465 e. The summed E-state index contributed by atoms with van der Waals surface area (Å²) in [4.78, 5) is 23.9. The number of thiophene rings is 1. The number of amides is 1. The lowest BCUT2D eigenvalue weighted by Crippen LogP contribution is -2.10. The van der Waals surface area contributed by atoms with E-state index in [4.69, 9.17) is 9.47 Å². The molecule has 1 N–H and O–H groups in total. The molecule has 2 heterocycles. The van der Waals surface area contributed by atoms with E-state index in [9.17, 15) is 9.59 Å². The van der Waals surface area contributed by atoms with E-state index < -0.39 is 5.97 Å². The van der Waals surface area contributed by atoms with Crippen LogP contribution in [-0.2, 0) is 9.53 Å². The summed E-state index contributed by atoms with van der Waals surface area (Å²) in [6, 6.07) is 7.05. The van der Waals surface area contributed by atoms with Crippen LogP contribution in [0, 0.1) is 0 Å². The van der Waals surface area contributed by atoms with Gasteiger partial charge >= 0.3 is 5.97 Å². The molecule has 1 amide bonds. The Morgan fingerprint density at radius 3 is 2.91 bits per heavy atom. The molecule has 0 saturated carbocycles. The van der Waals surface area contributed by atoms with Crippen LogP contribution in [0.5, 0.6) is 11.5 Å². The number of methoxy groups -OCH3 is 1. The molecular weight excluding hydrogens is 318 g/mol. The zero-order valence-electron chi connectivity index (χ0n) is 12.2. The van der Waals surface area contributed by atoms with Gasteiger partial charge in [0.2, 0.25) is 12.7 Å². The minimum absolute atomic E-state index is 0.206. The van der Waals surface area contributed by atoms with Crippen molar-refractivity contribution in [3.05, 3.63) is 46.2 Å². The molecule has 3 rings (SSSR count). The van der Waals surface area contributed by atoms with E-state index in [0.29, 0.717) is 22.1 Å². The van der Waals surface area contributed by atoms with Gasteiger partial charge in [-0.15, -0.1) is 11.3 Å². The topological polar surface area (TPSA) is 73.9 Å². The van der Waals surface area contributed by atoms with Gasteiger partial charge in [0.15, 0.2) is 11.5 Å². The molecule has 0 spiro atoms. The normalized spacial score (nSPS) is 12.4. The number of esters is 1. The third-order valence-electron chi connectivity index (χ3n) is 3.12. The predicted octanol–water partition coefficient (Wildman–Crippen LogP) is 2.92. The summed E-state index contributed by atoms with van der Waals surface area (Å²) < 4.78 is 15.2. The molecule has 0 atom stereocenters. The van der Waals surface area contributed by atoms with Gasteiger partial charge in [-0.25, -0.2) is 4.79 Å². The maximum absolute atomic E-state index is 12.0. The van der Waals surface area contributed by atoms with Crippen molar-refractivity contribution in [2.45, 2.75) is 0 Å². The van der Waals surface area contributed by atoms with Crippen molar-refractivity contribution in [2.75, 3.05) is 19.2 Å². The van der Waals surface area contributed by atoms with E-state index in [-0.39, 0.29) is 12.7 Å². The number of benzene rings is 1. The smallest absolute Gasteiger partial charge is 0.350 e. The number of carbonyl (C=O) groups is 2. The Hall–Kier alpha value is -2.80. The largest absolute Gasteiger partial charge is 0.465 e. The van der Waals surface area contributed by atoms with E-state index in [1.165, 1.54) is 24.5 Å². The highest BCUT2D eigenvalue weighted by Gasteiger charge is 2.15. The number of anilines is 1. The van der Waals surface area contributed by atoms with Crippen LogP contribution < -0.4 is 14.8 Å². The second-order valence-corrected chi connectivity index (χ2v) is 5.51. The number of fused-ring (bicyclic) bond motifs is 1. The fourth-order valence-corrected chi connectivity index (χ4v) is 2.79. The number of nitrogens with one attached hydrogen (secondary N) is 1. The molecule has 23 heavy (non-hydrogen) atoms. The van der Waals surface area contributed by atoms with Crippen LogP contribution >= 0.6 is 11.3 Å². The Balaban J connectivity index is 1.68. The molecule has 1 aromatic carbocycles. The molecule has 6 nitrogen and oxygen atoms in total. The van der Waals surface area contributed by atoms with Gasteiger partial charge in [0, 0.05) is 6.08 Å². The molecule has 118 valence electrons.